The monoisotopic (exact) mass is 412 g/mol. The number of aryl methyl sites for hydroxylation is 2. The first kappa shape index (κ1) is 20.7. The minimum Gasteiger partial charge on any atom is -0.366 e. The predicted octanol–water partition coefficient (Wildman–Crippen LogP) is 2.81. The van der Waals surface area contributed by atoms with Crippen LogP contribution in [0.1, 0.15) is 36.6 Å². The Morgan fingerprint density at radius 3 is 2.93 bits per heavy atom. The Kier molecular flexibility index (Phi) is 5.72. The van der Waals surface area contributed by atoms with Gasteiger partial charge in [-0.05, 0) is 57.1 Å². The molecule has 1 aromatic carbocycles. The number of H-pyrrole nitrogens is 1. The number of halogens is 1. The van der Waals surface area contributed by atoms with Gasteiger partial charge in [-0.1, -0.05) is 5.92 Å². The van der Waals surface area contributed by atoms with Crippen LogP contribution >= 0.6 is 0 Å². The zero-order chi connectivity index (χ0) is 21.4. The number of amides is 1. The van der Waals surface area contributed by atoms with Crippen molar-refractivity contribution < 1.29 is 13.9 Å². The van der Waals surface area contributed by atoms with Crippen LogP contribution in [0.15, 0.2) is 6.07 Å². The fourth-order valence-electron chi connectivity index (χ4n) is 5.05. The van der Waals surface area contributed by atoms with E-state index >= 15 is 4.39 Å². The minimum atomic E-state index is -0.259. The molecule has 2 fully saturated rings. The van der Waals surface area contributed by atoms with Crippen molar-refractivity contribution in [2.45, 2.75) is 46.3 Å². The molecule has 1 aromatic heterocycles. The van der Waals surface area contributed by atoms with E-state index in [9.17, 15) is 4.79 Å². The van der Waals surface area contributed by atoms with Crippen molar-refractivity contribution in [3.8, 4) is 11.8 Å². The van der Waals surface area contributed by atoms with Gasteiger partial charge in [-0.2, -0.15) is 0 Å². The molecule has 2 atom stereocenters. The number of ether oxygens (including phenoxy) is 1. The number of aromatic amines is 1. The zero-order valence-corrected chi connectivity index (χ0v) is 17.8. The molecule has 2 aromatic rings. The lowest BCUT2D eigenvalue weighted by Gasteiger charge is -2.35. The van der Waals surface area contributed by atoms with Crippen LogP contribution in [-0.2, 0) is 16.1 Å². The van der Waals surface area contributed by atoms with E-state index in [1.807, 2.05) is 18.7 Å². The Morgan fingerprint density at radius 1 is 1.40 bits per heavy atom. The van der Waals surface area contributed by atoms with E-state index in [2.05, 4.69) is 21.7 Å². The number of benzene rings is 1. The van der Waals surface area contributed by atoms with E-state index in [0.29, 0.717) is 18.2 Å². The van der Waals surface area contributed by atoms with Crippen molar-refractivity contribution >= 4 is 22.5 Å². The third kappa shape index (κ3) is 3.44. The molecule has 0 aliphatic carbocycles. The molecule has 30 heavy (non-hydrogen) atoms. The van der Waals surface area contributed by atoms with Gasteiger partial charge in [0.05, 0.1) is 30.6 Å². The van der Waals surface area contributed by atoms with Crippen molar-refractivity contribution in [3.63, 3.8) is 0 Å². The van der Waals surface area contributed by atoms with Gasteiger partial charge in [0.2, 0.25) is 0 Å². The molecule has 7 heteroatoms. The number of carbonyl (C=O) groups excluding carboxylic acids is 1. The quantitative estimate of drug-likeness (QED) is 0.598. The van der Waals surface area contributed by atoms with Gasteiger partial charge in [-0.25, -0.2) is 4.39 Å². The first-order valence-electron chi connectivity index (χ1n) is 10.5. The van der Waals surface area contributed by atoms with Crippen LogP contribution in [0.5, 0.6) is 0 Å². The highest BCUT2D eigenvalue weighted by atomic mass is 19.1. The summed E-state index contributed by atoms with van der Waals surface area (Å²) in [6.45, 7) is 8.12. The lowest BCUT2D eigenvalue weighted by Crippen LogP contribution is -2.48. The van der Waals surface area contributed by atoms with E-state index < -0.39 is 0 Å². The van der Waals surface area contributed by atoms with E-state index in [1.165, 1.54) is 0 Å². The van der Waals surface area contributed by atoms with Gasteiger partial charge < -0.3 is 25.3 Å². The van der Waals surface area contributed by atoms with Crippen LogP contribution in [0.4, 0.5) is 10.1 Å². The third-order valence-corrected chi connectivity index (χ3v) is 6.55. The van der Waals surface area contributed by atoms with Crippen LogP contribution in [0.2, 0.25) is 0 Å². The van der Waals surface area contributed by atoms with Crippen molar-refractivity contribution in [3.05, 3.63) is 28.7 Å². The fourth-order valence-corrected chi connectivity index (χ4v) is 5.05. The summed E-state index contributed by atoms with van der Waals surface area (Å²) < 4.78 is 20.8. The molecule has 0 saturated carbocycles. The molecule has 6 nitrogen and oxygen atoms in total. The maximum Gasteiger partial charge on any atom is 0.298 e. The summed E-state index contributed by atoms with van der Waals surface area (Å²) >= 11 is 0. The van der Waals surface area contributed by atoms with Crippen LogP contribution in [0, 0.1) is 37.4 Å². The van der Waals surface area contributed by atoms with Crippen molar-refractivity contribution in [1.82, 2.24) is 9.88 Å². The van der Waals surface area contributed by atoms with E-state index in [-0.39, 0.29) is 31.1 Å². The van der Waals surface area contributed by atoms with E-state index in [0.717, 1.165) is 53.7 Å². The fraction of sp³-hybridized carbons (Fsp3) is 0.522. The second-order valence-electron chi connectivity index (χ2n) is 8.25. The molecule has 3 N–H and O–H groups in total. The number of aromatic nitrogens is 1. The molecule has 3 heterocycles. The number of anilines is 1. The SMILES string of the molecule is CC#CC(=O)N1CCCC2CN(c3c(F)cc(COCN)c4[nH]c(C)c(C)c34)CC21. The smallest absolute Gasteiger partial charge is 0.298 e. The maximum absolute atomic E-state index is 15.5. The maximum atomic E-state index is 15.5. The molecule has 4 rings (SSSR count). The number of nitrogens with zero attached hydrogens (tertiary/aromatic N) is 2. The van der Waals surface area contributed by atoms with Crippen LogP contribution in [-0.4, -0.2) is 48.2 Å². The van der Waals surface area contributed by atoms with Crippen molar-refractivity contribution in [2.24, 2.45) is 11.7 Å². The number of nitrogens with one attached hydrogen (secondary N) is 1. The van der Waals surface area contributed by atoms with Gasteiger partial charge in [0.25, 0.3) is 5.91 Å². The topological polar surface area (TPSA) is 74.6 Å². The molecule has 0 radical (unpaired) electrons. The number of rotatable bonds is 4. The van der Waals surface area contributed by atoms with Gasteiger partial charge in [0, 0.05) is 36.3 Å². The Labute approximate surface area is 176 Å². The van der Waals surface area contributed by atoms with Gasteiger partial charge >= 0.3 is 0 Å². The zero-order valence-electron chi connectivity index (χ0n) is 17.8. The molecule has 0 spiro atoms. The lowest BCUT2D eigenvalue weighted by atomic mass is 9.92. The number of hydrogen-bond acceptors (Lipinski definition) is 4. The Balaban J connectivity index is 1.74. The Hall–Kier alpha value is -2.56. The van der Waals surface area contributed by atoms with Crippen molar-refractivity contribution in [2.75, 3.05) is 31.3 Å². The first-order valence-corrected chi connectivity index (χ1v) is 10.5. The average molecular weight is 413 g/mol. The van der Waals surface area contributed by atoms with Crippen LogP contribution < -0.4 is 10.6 Å². The summed E-state index contributed by atoms with van der Waals surface area (Å²) in [4.78, 5) is 19.9. The summed E-state index contributed by atoms with van der Waals surface area (Å²) in [5.74, 6) is 5.34. The number of nitrogens with two attached hydrogens (primary N) is 1. The minimum absolute atomic E-state index is 0.0714. The molecule has 2 aliphatic heterocycles. The molecule has 2 saturated heterocycles. The Bertz CT molecular complexity index is 1040. The number of hydrogen-bond donors (Lipinski definition) is 2. The molecule has 0 bridgehead atoms. The van der Waals surface area contributed by atoms with Crippen molar-refractivity contribution in [1.29, 1.82) is 0 Å². The number of piperidine rings is 1. The molecule has 1 amide bonds. The first-order chi connectivity index (χ1) is 14.5. The molecule has 160 valence electrons. The van der Waals surface area contributed by atoms with Gasteiger partial charge in [-0.15, -0.1) is 0 Å². The highest BCUT2D eigenvalue weighted by Crippen LogP contribution is 2.41. The summed E-state index contributed by atoms with van der Waals surface area (Å²) in [5, 5.41) is 0.896. The largest absolute Gasteiger partial charge is 0.366 e. The summed E-state index contributed by atoms with van der Waals surface area (Å²) in [6, 6.07) is 1.62. The Morgan fingerprint density at radius 2 is 2.20 bits per heavy atom. The highest BCUT2D eigenvalue weighted by molar-refractivity contribution is 5.99. The number of likely N-dealkylation sites (tertiary alicyclic amines) is 1. The lowest BCUT2D eigenvalue weighted by molar-refractivity contribution is -0.129. The van der Waals surface area contributed by atoms with Crippen LogP contribution in [0.3, 0.4) is 0 Å². The van der Waals surface area contributed by atoms with Gasteiger partial charge in [-0.3, -0.25) is 4.79 Å². The third-order valence-electron chi connectivity index (χ3n) is 6.55. The second-order valence-corrected chi connectivity index (χ2v) is 8.25. The van der Waals surface area contributed by atoms with Gasteiger partial charge in [0.1, 0.15) is 5.82 Å². The molecular weight excluding hydrogens is 383 g/mol. The molecular formula is C23H29FN4O2. The highest BCUT2D eigenvalue weighted by Gasteiger charge is 2.42. The number of carbonyl (C=O) groups is 1. The predicted molar refractivity (Wildman–Crippen MR) is 115 cm³/mol. The number of fused-ring (bicyclic) bond motifs is 2. The molecule has 2 unspecified atom stereocenters. The summed E-state index contributed by atoms with van der Waals surface area (Å²) in [7, 11) is 0. The average Bonchev–Trinajstić information content (AvgIpc) is 3.28. The normalized spacial score (nSPS) is 21.0. The van der Waals surface area contributed by atoms with E-state index in [4.69, 9.17) is 10.5 Å². The van der Waals surface area contributed by atoms with Gasteiger partial charge in [0.15, 0.2) is 0 Å². The molecule has 2 aliphatic rings. The van der Waals surface area contributed by atoms with E-state index in [1.54, 1.807) is 13.0 Å². The summed E-state index contributed by atoms with van der Waals surface area (Å²) in [6.07, 6.45) is 2.00. The summed E-state index contributed by atoms with van der Waals surface area (Å²) in [5.41, 5.74) is 9.80. The van der Waals surface area contributed by atoms with Crippen LogP contribution in [0.25, 0.3) is 10.9 Å². The second kappa shape index (κ2) is 8.29. The standard InChI is InChI=1S/C23H29FN4O2/c1-4-6-20(29)28-8-5-7-16-10-27(11-19(16)28)23-18(24)9-17(12-30-13-25)22-21(23)14(2)15(3)26-22/h9,16,19,26H,5,7-8,10-13,25H2,1-3H3.